The van der Waals surface area contributed by atoms with Gasteiger partial charge in [-0.3, -0.25) is 14.5 Å². The minimum atomic E-state index is 0.0104. The van der Waals surface area contributed by atoms with E-state index in [0.29, 0.717) is 32.5 Å². The Labute approximate surface area is 196 Å². The molecule has 1 aliphatic heterocycles. The van der Waals surface area contributed by atoms with Crippen LogP contribution in [0.15, 0.2) is 78.9 Å². The summed E-state index contributed by atoms with van der Waals surface area (Å²) in [6, 6.07) is 26.1. The Morgan fingerprint density at radius 3 is 2.21 bits per heavy atom. The molecule has 170 valence electrons. The standard InChI is InChI=1S/C28H31N3O2/c1-22-11-13-23(14-12-22)21-28(33)31-19-17-30(18-20-31)16-15-27(32)29-26-10-6-5-9-25(26)24-7-3-2-4-8-24/h2-14H,15-21H2,1H3,(H,29,32). The number of carbonyl (C=O) groups is 2. The lowest BCUT2D eigenvalue weighted by Crippen LogP contribution is -2.49. The highest BCUT2D eigenvalue weighted by atomic mass is 16.2. The second kappa shape index (κ2) is 10.9. The maximum atomic E-state index is 12.6. The second-order valence-electron chi connectivity index (χ2n) is 8.59. The lowest BCUT2D eigenvalue weighted by molar-refractivity contribution is -0.132. The fraction of sp³-hybridized carbons (Fsp3) is 0.286. The Hall–Kier alpha value is -3.44. The van der Waals surface area contributed by atoms with Crippen LogP contribution in [0.3, 0.4) is 0 Å². The fourth-order valence-corrected chi connectivity index (χ4v) is 4.15. The minimum absolute atomic E-state index is 0.0104. The summed E-state index contributed by atoms with van der Waals surface area (Å²) in [5.74, 6) is 0.185. The summed E-state index contributed by atoms with van der Waals surface area (Å²) in [5, 5.41) is 3.08. The SMILES string of the molecule is Cc1ccc(CC(=O)N2CCN(CCC(=O)Nc3ccccc3-c3ccccc3)CC2)cc1. The molecule has 1 saturated heterocycles. The quantitative estimate of drug-likeness (QED) is 0.592. The van der Waals surface area contributed by atoms with Gasteiger partial charge in [-0.25, -0.2) is 0 Å². The smallest absolute Gasteiger partial charge is 0.227 e. The largest absolute Gasteiger partial charge is 0.340 e. The van der Waals surface area contributed by atoms with Crippen molar-refractivity contribution in [1.29, 1.82) is 0 Å². The predicted octanol–water partition coefficient (Wildman–Crippen LogP) is 4.38. The molecule has 0 saturated carbocycles. The van der Waals surface area contributed by atoms with Crippen LogP contribution in [0.5, 0.6) is 0 Å². The van der Waals surface area contributed by atoms with Crippen LogP contribution in [0.2, 0.25) is 0 Å². The first-order chi connectivity index (χ1) is 16.1. The molecule has 0 aliphatic carbocycles. The van der Waals surface area contributed by atoms with Crippen molar-refractivity contribution in [3.8, 4) is 11.1 Å². The van der Waals surface area contributed by atoms with E-state index in [4.69, 9.17) is 0 Å². The van der Waals surface area contributed by atoms with E-state index in [1.54, 1.807) is 0 Å². The van der Waals surface area contributed by atoms with Crippen molar-refractivity contribution >= 4 is 17.5 Å². The number of nitrogens with zero attached hydrogens (tertiary/aromatic N) is 2. The number of piperazine rings is 1. The van der Waals surface area contributed by atoms with E-state index in [2.05, 4.69) is 10.2 Å². The number of hydrogen-bond donors (Lipinski definition) is 1. The third-order valence-corrected chi connectivity index (χ3v) is 6.14. The normalized spacial score (nSPS) is 14.2. The number of anilines is 1. The average Bonchev–Trinajstić information content (AvgIpc) is 2.85. The molecule has 5 nitrogen and oxygen atoms in total. The zero-order valence-electron chi connectivity index (χ0n) is 19.2. The number of amides is 2. The number of hydrogen-bond acceptors (Lipinski definition) is 3. The van der Waals surface area contributed by atoms with Gasteiger partial charge in [-0.1, -0.05) is 78.4 Å². The zero-order chi connectivity index (χ0) is 23.0. The van der Waals surface area contributed by atoms with Crippen molar-refractivity contribution in [3.63, 3.8) is 0 Å². The first-order valence-corrected chi connectivity index (χ1v) is 11.6. The molecule has 1 fully saturated rings. The Morgan fingerprint density at radius 1 is 0.818 bits per heavy atom. The molecule has 0 unspecified atom stereocenters. The zero-order valence-corrected chi connectivity index (χ0v) is 19.2. The van der Waals surface area contributed by atoms with Gasteiger partial charge in [0.2, 0.25) is 11.8 Å². The van der Waals surface area contributed by atoms with Gasteiger partial charge in [0.25, 0.3) is 0 Å². The maximum Gasteiger partial charge on any atom is 0.227 e. The van der Waals surface area contributed by atoms with Gasteiger partial charge in [0.15, 0.2) is 0 Å². The first kappa shape index (κ1) is 22.7. The maximum absolute atomic E-state index is 12.6. The molecule has 0 atom stereocenters. The summed E-state index contributed by atoms with van der Waals surface area (Å²) in [6.45, 7) is 5.76. The highest BCUT2D eigenvalue weighted by Gasteiger charge is 2.21. The van der Waals surface area contributed by atoms with Gasteiger partial charge < -0.3 is 10.2 Å². The molecule has 0 radical (unpaired) electrons. The molecule has 1 heterocycles. The second-order valence-corrected chi connectivity index (χ2v) is 8.59. The van der Waals surface area contributed by atoms with Gasteiger partial charge in [-0.2, -0.15) is 0 Å². The van der Waals surface area contributed by atoms with Crippen molar-refractivity contribution in [2.75, 3.05) is 38.0 Å². The van der Waals surface area contributed by atoms with Gasteiger partial charge in [0, 0.05) is 50.4 Å². The first-order valence-electron chi connectivity index (χ1n) is 11.6. The van der Waals surface area contributed by atoms with Crippen molar-refractivity contribution in [3.05, 3.63) is 90.0 Å². The van der Waals surface area contributed by atoms with E-state index < -0.39 is 0 Å². The number of nitrogens with one attached hydrogen (secondary N) is 1. The molecule has 1 N–H and O–H groups in total. The number of rotatable bonds is 7. The van der Waals surface area contributed by atoms with Crippen LogP contribution < -0.4 is 5.32 Å². The molecular weight excluding hydrogens is 410 g/mol. The average molecular weight is 442 g/mol. The summed E-state index contributed by atoms with van der Waals surface area (Å²) in [4.78, 5) is 29.5. The molecular formula is C28H31N3O2. The van der Waals surface area contributed by atoms with Crippen LogP contribution in [-0.4, -0.2) is 54.3 Å². The molecule has 3 aromatic carbocycles. The highest BCUT2D eigenvalue weighted by Crippen LogP contribution is 2.27. The Kier molecular flexibility index (Phi) is 7.53. The van der Waals surface area contributed by atoms with Gasteiger partial charge in [-0.15, -0.1) is 0 Å². The van der Waals surface area contributed by atoms with Crippen LogP contribution >= 0.6 is 0 Å². The van der Waals surface area contributed by atoms with Gasteiger partial charge in [0.05, 0.1) is 6.42 Å². The van der Waals surface area contributed by atoms with Crippen LogP contribution in [0.4, 0.5) is 5.69 Å². The monoisotopic (exact) mass is 441 g/mol. The Balaban J connectivity index is 1.23. The summed E-state index contributed by atoms with van der Waals surface area (Å²) in [7, 11) is 0. The van der Waals surface area contributed by atoms with E-state index in [0.717, 1.165) is 35.5 Å². The highest BCUT2D eigenvalue weighted by molar-refractivity contribution is 5.95. The van der Waals surface area contributed by atoms with E-state index in [1.165, 1.54) is 5.56 Å². The van der Waals surface area contributed by atoms with Crippen LogP contribution in [0.1, 0.15) is 17.5 Å². The molecule has 0 bridgehead atoms. The molecule has 1 aliphatic rings. The molecule has 5 heteroatoms. The number of para-hydroxylation sites is 1. The van der Waals surface area contributed by atoms with Crippen LogP contribution in [0, 0.1) is 6.92 Å². The predicted molar refractivity (Wildman–Crippen MR) is 133 cm³/mol. The Morgan fingerprint density at radius 2 is 1.48 bits per heavy atom. The van der Waals surface area contributed by atoms with Gasteiger partial charge in [-0.05, 0) is 24.1 Å². The molecule has 33 heavy (non-hydrogen) atoms. The minimum Gasteiger partial charge on any atom is -0.340 e. The lowest BCUT2D eigenvalue weighted by atomic mass is 10.0. The Bertz CT molecular complexity index is 1070. The molecule has 3 aromatic rings. The van der Waals surface area contributed by atoms with Gasteiger partial charge >= 0.3 is 0 Å². The van der Waals surface area contributed by atoms with E-state index >= 15 is 0 Å². The third kappa shape index (κ3) is 6.30. The number of benzene rings is 3. The van der Waals surface area contributed by atoms with E-state index in [9.17, 15) is 9.59 Å². The molecule has 0 aromatic heterocycles. The van der Waals surface area contributed by atoms with Gasteiger partial charge in [0.1, 0.15) is 0 Å². The molecule has 0 spiro atoms. The summed E-state index contributed by atoms with van der Waals surface area (Å²) >= 11 is 0. The van der Waals surface area contributed by atoms with E-state index in [-0.39, 0.29) is 11.8 Å². The lowest BCUT2D eigenvalue weighted by Gasteiger charge is -2.34. The fourth-order valence-electron chi connectivity index (χ4n) is 4.15. The summed E-state index contributed by atoms with van der Waals surface area (Å²) < 4.78 is 0. The molecule has 4 rings (SSSR count). The summed E-state index contributed by atoms with van der Waals surface area (Å²) in [5.41, 5.74) is 5.19. The van der Waals surface area contributed by atoms with Crippen molar-refractivity contribution in [1.82, 2.24) is 9.80 Å². The van der Waals surface area contributed by atoms with Crippen molar-refractivity contribution in [2.24, 2.45) is 0 Å². The van der Waals surface area contributed by atoms with E-state index in [1.807, 2.05) is 90.7 Å². The summed E-state index contributed by atoms with van der Waals surface area (Å²) in [6.07, 6.45) is 0.879. The topological polar surface area (TPSA) is 52.7 Å². The van der Waals surface area contributed by atoms with Crippen molar-refractivity contribution in [2.45, 2.75) is 19.8 Å². The van der Waals surface area contributed by atoms with Crippen LogP contribution in [0.25, 0.3) is 11.1 Å². The molecule has 2 amide bonds. The number of carbonyl (C=O) groups excluding carboxylic acids is 2. The van der Waals surface area contributed by atoms with Crippen molar-refractivity contribution < 1.29 is 9.59 Å². The third-order valence-electron chi connectivity index (χ3n) is 6.14. The number of aryl methyl sites for hydroxylation is 1. The van der Waals surface area contributed by atoms with Crippen LogP contribution in [-0.2, 0) is 16.0 Å².